The Balaban J connectivity index is 1.96. The number of hydrogen-bond acceptors (Lipinski definition) is 4. The molecule has 1 aliphatic rings. The summed E-state index contributed by atoms with van der Waals surface area (Å²) >= 11 is 4.71. The van der Waals surface area contributed by atoms with Crippen molar-refractivity contribution in [2.75, 3.05) is 11.9 Å². The van der Waals surface area contributed by atoms with E-state index in [4.69, 9.17) is 0 Å². The molecular weight excluding hydrogens is 402 g/mol. The number of para-hydroxylation sites is 2. The Morgan fingerprint density at radius 2 is 1.92 bits per heavy atom. The van der Waals surface area contributed by atoms with Gasteiger partial charge in [0.2, 0.25) is 0 Å². The van der Waals surface area contributed by atoms with Gasteiger partial charge in [-0.05, 0) is 30.3 Å². The van der Waals surface area contributed by atoms with Gasteiger partial charge in [-0.1, -0.05) is 39.4 Å². The van der Waals surface area contributed by atoms with E-state index < -0.39 is 0 Å². The predicted molar refractivity (Wildman–Crippen MR) is 102 cm³/mol. The van der Waals surface area contributed by atoms with Gasteiger partial charge < -0.3 is 4.90 Å². The first kappa shape index (κ1) is 14.8. The number of benzene rings is 2. The van der Waals surface area contributed by atoms with Crippen LogP contribution in [0.5, 0.6) is 0 Å². The minimum atomic E-state index is -0.196. The number of carbonyl (C=O) groups excluding carboxylic acids is 1. The number of fused-ring (bicyclic) bond motifs is 4. The van der Waals surface area contributed by atoms with Crippen molar-refractivity contribution < 1.29 is 4.79 Å². The molecule has 1 amide bonds. The number of nitrogens with zero attached hydrogens (tertiary/aromatic N) is 3. The number of carbonyl (C=O) groups is 1. The van der Waals surface area contributed by atoms with Crippen molar-refractivity contribution in [3.05, 3.63) is 67.4 Å². The van der Waals surface area contributed by atoms with Crippen LogP contribution < -0.4 is 15.0 Å². The Morgan fingerprint density at radius 1 is 1.12 bits per heavy atom. The van der Waals surface area contributed by atoms with Crippen LogP contribution in [0, 0.1) is 0 Å². The smallest absolute Gasteiger partial charge is 0.275 e. The number of anilines is 1. The SMILES string of the molecule is CN1C(=O)C(=c2sc3nc4ccccc4n3c2=O)c2cc(Br)ccc21. The molecule has 3 heterocycles. The van der Waals surface area contributed by atoms with E-state index in [-0.39, 0.29) is 11.5 Å². The van der Waals surface area contributed by atoms with Gasteiger partial charge in [-0.3, -0.25) is 9.59 Å². The zero-order valence-electron chi connectivity index (χ0n) is 13.0. The average molecular weight is 412 g/mol. The summed E-state index contributed by atoms with van der Waals surface area (Å²) in [5.74, 6) is -0.168. The molecule has 2 aromatic carbocycles. The first-order chi connectivity index (χ1) is 12.1. The molecule has 0 atom stereocenters. The molecule has 0 unspecified atom stereocenters. The summed E-state index contributed by atoms with van der Waals surface area (Å²) < 4.78 is 2.89. The lowest BCUT2D eigenvalue weighted by atomic mass is 10.1. The topological polar surface area (TPSA) is 54.7 Å². The molecule has 1 aliphatic heterocycles. The number of hydrogen-bond donors (Lipinski definition) is 0. The molecule has 0 N–H and O–H groups in total. The van der Waals surface area contributed by atoms with Gasteiger partial charge in [0.25, 0.3) is 11.5 Å². The van der Waals surface area contributed by atoms with E-state index in [9.17, 15) is 9.59 Å². The van der Waals surface area contributed by atoms with E-state index in [1.807, 2.05) is 42.5 Å². The highest BCUT2D eigenvalue weighted by Gasteiger charge is 2.32. The Hall–Kier alpha value is -2.51. The van der Waals surface area contributed by atoms with Crippen molar-refractivity contribution in [1.29, 1.82) is 0 Å². The minimum absolute atomic E-state index is 0.168. The third kappa shape index (κ3) is 1.90. The van der Waals surface area contributed by atoms with Gasteiger partial charge in [-0.15, -0.1) is 0 Å². The molecule has 0 saturated carbocycles. The van der Waals surface area contributed by atoms with Crippen molar-refractivity contribution in [1.82, 2.24) is 9.38 Å². The van der Waals surface area contributed by atoms with Crippen LogP contribution in [0.3, 0.4) is 0 Å². The normalized spacial score (nSPS) is 16.2. The summed E-state index contributed by atoms with van der Waals surface area (Å²) in [5, 5.41) is 0. The van der Waals surface area contributed by atoms with E-state index in [1.165, 1.54) is 11.3 Å². The van der Waals surface area contributed by atoms with Crippen LogP contribution in [0.1, 0.15) is 5.56 Å². The number of thiazole rings is 1. The molecule has 2 aromatic heterocycles. The van der Waals surface area contributed by atoms with Gasteiger partial charge in [0.15, 0.2) is 4.96 Å². The number of aromatic nitrogens is 2. The molecule has 0 saturated heterocycles. The number of rotatable bonds is 0. The second-order valence-corrected chi connectivity index (χ2v) is 7.75. The highest BCUT2D eigenvalue weighted by molar-refractivity contribution is 9.10. The average Bonchev–Trinajstić information content (AvgIpc) is 3.19. The van der Waals surface area contributed by atoms with Crippen LogP contribution in [-0.4, -0.2) is 22.3 Å². The summed E-state index contributed by atoms with van der Waals surface area (Å²) in [7, 11) is 1.72. The van der Waals surface area contributed by atoms with Crippen LogP contribution in [0.15, 0.2) is 51.7 Å². The van der Waals surface area contributed by atoms with E-state index >= 15 is 0 Å². The second kappa shape index (κ2) is 5.00. The van der Waals surface area contributed by atoms with Crippen LogP contribution in [0.4, 0.5) is 5.69 Å². The summed E-state index contributed by atoms with van der Waals surface area (Å²) in [6.45, 7) is 0. The third-order valence-electron chi connectivity index (χ3n) is 4.46. The molecule has 4 aromatic rings. The van der Waals surface area contributed by atoms with Crippen LogP contribution in [0.25, 0.3) is 21.6 Å². The molecule has 0 spiro atoms. The van der Waals surface area contributed by atoms with E-state index in [0.717, 1.165) is 26.8 Å². The van der Waals surface area contributed by atoms with Gasteiger partial charge in [0, 0.05) is 17.1 Å². The van der Waals surface area contributed by atoms with Gasteiger partial charge >= 0.3 is 0 Å². The molecule has 0 bridgehead atoms. The van der Waals surface area contributed by atoms with Gasteiger partial charge in [-0.25, -0.2) is 9.38 Å². The Labute approximate surface area is 153 Å². The van der Waals surface area contributed by atoms with E-state index in [1.54, 1.807) is 16.3 Å². The third-order valence-corrected chi connectivity index (χ3v) is 5.99. The first-order valence-corrected chi connectivity index (χ1v) is 9.19. The second-order valence-electron chi connectivity index (χ2n) is 5.86. The maximum absolute atomic E-state index is 13.1. The van der Waals surface area contributed by atoms with Crippen molar-refractivity contribution in [3.63, 3.8) is 0 Å². The quantitative estimate of drug-likeness (QED) is 0.446. The Kier molecular flexibility index (Phi) is 2.96. The fraction of sp³-hybridized carbons (Fsp3) is 0.0556. The van der Waals surface area contributed by atoms with Crippen molar-refractivity contribution in [2.24, 2.45) is 0 Å². The van der Waals surface area contributed by atoms with Crippen molar-refractivity contribution in [3.8, 4) is 0 Å². The van der Waals surface area contributed by atoms with Crippen LogP contribution in [0.2, 0.25) is 0 Å². The first-order valence-electron chi connectivity index (χ1n) is 7.58. The predicted octanol–water partition coefficient (Wildman–Crippen LogP) is 2.57. The summed E-state index contributed by atoms with van der Waals surface area (Å²) in [6, 6.07) is 13.2. The summed E-state index contributed by atoms with van der Waals surface area (Å²) in [4.78, 5) is 32.6. The maximum atomic E-state index is 13.1. The van der Waals surface area contributed by atoms with Crippen molar-refractivity contribution in [2.45, 2.75) is 0 Å². The molecule has 25 heavy (non-hydrogen) atoms. The zero-order chi connectivity index (χ0) is 17.3. The number of likely N-dealkylation sites (N-methyl/N-ethyl adjacent to an activating group) is 1. The van der Waals surface area contributed by atoms with Gasteiger partial charge in [0.1, 0.15) is 4.53 Å². The lowest BCUT2D eigenvalue weighted by Crippen LogP contribution is -2.30. The van der Waals surface area contributed by atoms with Gasteiger partial charge in [0.05, 0.1) is 22.3 Å². The monoisotopic (exact) mass is 411 g/mol. The molecule has 5 rings (SSSR count). The molecule has 122 valence electrons. The van der Waals surface area contributed by atoms with E-state index in [2.05, 4.69) is 20.9 Å². The lowest BCUT2D eigenvalue weighted by molar-refractivity contribution is -0.112. The van der Waals surface area contributed by atoms with Crippen LogP contribution in [-0.2, 0) is 4.79 Å². The van der Waals surface area contributed by atoms with E-state index in [0.29, 0.717) is 15.1 Å². The van der Waals surface area contributed by atoms with Gasteiger partial charge in [-0.2, -0.15) is 0 Å². The fourth-order valence-corrected chi connectivity index (χ4v) is 4.71. The molecule has 5 nitrogen and oxygen atoms in total. The zero-order valence-corrected chi connectivity index (χ0v) is 15.4. The number of imidazole rings is 1. The standard InChI is InChI=1S/C18H10BrN3O2S/c1-21-12-7-6-9(19)8-10(12)14(16(21)23)15-17(24)22-13-5-3-2-4-11(13)20-18(22)25-15/h2-8H,1H3. The largest absolute Gasteiger partial charge is 0.311 e. The Morgan fingerprint density at radius 3 is 2.76 bits per heavy atom. The molecule has 0 radical (unpaired) electrons. The van der Waals surface area contributed by atoms with Crippen molar-refractivity contribution >= 4 is 60.4 Å². The minimum Gasteiger partial charge on any atom is -0.311 e. The molecule has 0 aliphatic carbocycles. The maximum Gasteiger partial charge on any atom is 0.275 e. The number of amides is 1. The summed E-state index contributed by atoms with van der Waals surface area (Å²) in [6.07, 6.45) is 0. The highest BCUT2D eigenvalue weighted by atomic mass is 79.9. The van der Waals surface area contributed by atoms with Crippen LogP contribution >= 0.6 is 27.3 Å². The molecule has 7 heteroatoms. The Bertz CT molecular complexity index is 1320. The lowest BCUT2D eigenvalue weighted by Gasteiger charge is -2.08. The number of halogens is 1. The summed E-state index contributed by atoms with van der Waals surface area (Å²) in [5.41, 5.74) is 3.37. The highest BCUT2D eigenvalue weighted by Crippen LogP contribution is 2.36. The fourth-order valence-electron chi connectivity index (χ4n) is 3.28. The molecule has 0 fully saturated rings. The molecular formula is C18H10BrN3O2S.